The zero-order chi connectivity index (χ0) is 16.8. The highest BCUT2D eigenvalue weighted by atomic mass is 32.2. The van der Waals surface area contributed by atoms with Crippen LogP contribution < -0.4 is 4.74 Å². The summed E-state index contributed by atoms with van der Waals surface area (Å²) in [5, 5.41) is 18.9. The monoisotopic (exact) mass is 358 g/mol. The van der Waals surface area contributed by atoms with Gasteiger partial charge in [0.05, 0.1) is 6.10 Å². The van der Waals surface area contributed by atoms with Crippen LogP contribution in [0.4, 0.5) is 0 Å². The minimum absolute atomic E-state index is 0.259. The van der Waals surface area contributed by atoms with Crippen LogP contribution in [-0.2, 0) is 0 Å². The van der Waals surface area contributed by atoms with E-state index in [0.717, 1.165) is 20.7 Å². The van der Waals surface area contributed by atoms with Crippen LogP contribution in [0.3, 0.4) is 0 Å². The number of aromatic nitrogens is 2. The van der Waals surface area contributed by atoms with E-state index < -0.39 is 6.10 Å². The highest BCUT2D eigenvalue weighted by Gasteiger charge is 2.09. The Labute approximate surface area is 149 Å². The topological polar surface area (TPSA) is 55.2 Å². The molecule has 0 radical (unpaired) electrons. The van der Waals surface area contributed by atoms with Gasteiger partial charge in [-0.25, -0.2) is 0 Å². The van der Waals surface area contributed by atoms with Gasteiger partial charge in [-0.1, -0.05) is 65.6 Å². The number of benzene rings is 2. The minimum atomic E-state index is -0.548. The molecule has 0 spiro atoms. The smallest absolute Gasteiger partial charge is 0.174 e. The number of rotatable bonds is 7. The Morgan fingerprint density at radius 3 is 2.42 bits per heavy atom. The van der Waals surface area contributed by atoms with E-state index in [1.165, 1.54) is 28.7 Å². The molecule has 3 aromatic rings. The van der Waals surface area contributed by atoms with Crippen molar-refractivity contribution in [1.29, 1.82) is 0 Å². The van der Waals surface area contributed by atoms with Gasteiger partial charge in [-0.2, -0.15) is 0 Å². The fourth-order valence-electron chi connectivity index (χ4n) is 2.12. The summed E-state index contributed by atoms with van der Waals surface area (Å²) in [6.07, 6.45) is -0.548. The summed E-state index contributed by atoms with van der Waals surface area (Å²) in [5.74, 6) is 1.29. The first-order valence-electron chi connectivity index (χ1n) is 7.60. The van der Waals surface area contributed by atoms with E-state index in [9.17, 15) is 5.11 Å². The molecular formula is C18H18N2O2S2. The number of aryl methyl sites for hydroxylation is 1. The number of ether oxygens (including phenoxy) is 1. The largest absolute Gasteiger partial charge is 0.491 e. The lowest BCUT2D eigenvalue weighted by Gasteiger charge is -2.11. The second-order valence-electron chi connectivity index (χ2n) is 5.25. The molecule has 1 N–H and O–H groups in total. The third-order valence-electron chi connectivity index (χ3n) is 3.31. The van der Waals surface area contributed by atoms with Crippen molar-refractivity contribution in [3.05, 3.63) is 59.6 Å². The maximum Gasteiger partial charge on any atom is 0.174 e. The fourth-order valence-corrected chi connectivity index (χ4v) is 3.87. The maximum atomic E-state index is 10.0. The molecule has 0 saturated heterocycles. The van der Waals surface area contributed by atoms with Crippen LogP contribution in [0.1, 0.15) is 5.01 Å². The van der Waals surface area contributed by atoms with E-state index in [0.29, 0.717) is 5.75 Å². The summed E-state index contributed by atoms with van der Waals surface area (Å²) in [7, 11) is 0. The van der Waals surface area contributed by atoms with E-state index in [4.69, 9.17) is 4.74 Å². The zero-order valence-electron chi connectivity index (χ0n) is 13.3. The number of hydrogen-bond acceptors (Lipinski definition) is 6. The Balaban J connectivity index is 1.47. The summed E-state index contributed by atoms with van der Waals surface area (Å²) in [5.41, 5.74) is 2.32. The van der Waals surface area contributed by atoms with Crippen LogP contribution in [0.25, 0.3) is 11.1 Å². The molecule has 0 aliphatic carbocycles. The highest BCUT2D eigenvalue weighted by molar-refractivity contribution is 8.01. The average molecular weight is 358 g/mol. The lowest BCUT2D eigenvalue weighted by molar-refractivity contribution is 0.126. The summed E-state index contributed by atoms with van der Waals surface area (Å²) < 4.78 is 6.53. The SMILES string of the molecule is Cc1nnc(SC[C@H](O)COc2ccc(-c3ccccc3)cc2)s1. The molecule has 1 heterocycles. The summed E-state index contributed by atoms with van der Waals surface area (Å²) in [4.78, 5) is 0. The van der Waals surface area contributed by atoms with Crippen molar-refractivity contribution in [3.63, 3.8) is 0 Å². The van der Waals surface area contributed by atoms with E-state index in [1.54, 1.807) is 0 Å². The molecule has 0 saturated carbocycles. The average Bonchev–Trinajstić information content (AvgIpc) is 3.05. The van der Waals surface area contributed by atoms with Crippen molar-refractivity contribution in [2.75, 3.05) is 12.4 Å². The van der Waals surface area contributed by atoms with Gasteiger partial charge in [0, 0.05) is 5.75 Å². The number of hydrogen-bond donors (Lipinski definition) is 1. The normalized spacial score (nSPS) is 12.1. The first-order valence-corrected chi connectivity index (χ1v) is 9.40. The molecule has 0 aliphatic heterocycles. The Morgan fingerprint density at radius 2 is 1.75 bits per heavy atom. The number of aliphatic hydroxyl groups is 1. The fraction of sp³-hybridized carbons (Fsp3) is 0.222. The van der Waals surface area contributed by atoms with Crippen molar-refractivity contribution in [1.82, 2.24) is 10.2 Å². The second-order valence-corrected chi connectivity index (χ2v) is 7.70. The van der Waals surface area contributed by atoms with Gasteiger partial charge in [-0.15, -0.1) is 10.2 Å². The van der Waals surface area contributed by atoms with Gasteiger partial charge in [-0.05, 0) is 30.2 Å². The second kappa shape index (κ2) is 8.28. The Bertz CT molecular complexity index is 760. The molecule has 0 amide bonds. The van der Waals surface area contributed by atoms with Crippen LogP contribution in [-0.4, -0.2) is 33.8 Å². The predicted octanol–water partition coefficient (Wildman–Crippen LogP) is 4.05. The van der Waals surface area contributed by atoms with E-state index >= 15 is 0 Å². The first-order chi connectivity index (χ1) is 11.7. The van der Waals surface area contributed by atoms with Crippen LogP contribution in [0.5, 0.6) is 5.75 Å². The Hall–Kier alpha value is -1.89. The van der Waals surface area contributed by atoms with E-state index in [-0.39, 0.29) is 6.61 Å². The molecule has 3 rings (SSSR count). The third kappa shape index (κ3) is 4.80. The van der Waals surface area contributed by atoms with Crippen LogP contribution >= 0.6 is 23.1 Å². The molecule has 24 heavy (non-hydrogen) atoms. The van der Waals surface area contributed by atoms with Crippen molar-refractivity contribution >= 4 is 23.1 Å². The summed E-state index contributed by atoms with van der Waals surface area (Å²) in [6, 6.07) is 18.1. The molecule has 0 aliphatic rings. The molecule has 0 bridgehead atoms. The molecule has 1 aromatic heterocycles. The lowest BCUT2D eigenvalue weighted by Crippen LogP contribution is -2.20. The van der Waals surface area contributed by atoms with Gasteiger partial charge in [0.15, 0.2) is 4.34 Å². The van der Waals surface area contributed by atoms with Crippen molar-refractivity contribution in [2.24, 2.45) is 0 Å². The lowest BCUT2D eigenvalue weighted by atomic mass is 10.1. The molecule has 4 nitrogen and oxygen atoms in total. The van der Waals surface area contributed by atoms with E-state index in [1.807, 2.05) is 49.4 Å². The molecule has 0 unspecified atom stereocenters. The maximum absolute atomic E-state index is 10.0. The van der Waals surface area contributed by atoms with Gasteiger partial charge in [0.1, 0.15) is 17.4 Å². The standard InChI is InChI=1S/C18H18N2O2S2/c1-13-19-20-18(24-13)23-12-16(21)11-22-17-9-7-15(8-10-17)14-5-3-2-4-6-14/h2-10,16,21H,11-12H2,1H3/t16-/m1/s1. The molecule has 1 atom stereocenters. The number of nitrogens with zero attached hydrogens (tertiary/aromatic N) is 2. The molecule has 0 fully saturated rings. The van der Waals surface area contributed by atoms with Gasteiger partial charge in [-0.3, -0.25) is 0 Å². The Morgan fingerprint density at radius 1 is 1.04 bits per heavy atom. The van der Waals surface area contributed by atoms with Crippen molar-refractivity contribution < 1.29 is 9.84 Å². The van der Waals surface area contributed by atoms with Crippen molar-refractivity contribution in [2.45, 2.75) is 17.4 Å². The quantitative estimate of drug-likeness (QED) is 0.646. The number of aliphatic hydroxyl groups excluding tert-OH is 1. The minimum Gasteiger partial charge on any atom is -0.491 e. The van der Waals surface area contributed by atoms with Gasteiger partial charge >= 0.3 is 0 Å². The van der Waals surface area contributed by atoms with Gasteiger partial charge < -0.3 is 9.84 Å². The highest BCUT2D eigenvalue weighted by Crippen LogP contribution is 2.24. The molecular weight excluding hydrogens is 340 g/mol. The first kappa shape index (κ1) is 17.0. The number of thioether (sulfide) groups is 1. The summed E-state index contributed by atoms with van der Waals surface area (Å²) >= 11 is 3.03. The van der Waals surface area contributed by atoms with Crippen LogP contribution in [0.2, 0.25) is 0 Å². The third-order valence-corrected chi connectivity index (χ3v) is 5.43. The molecule has 2 aromatic carbocycles. The predicted molar refractivity (Wildman–Crippen MR) is 98.7 cm³/mol. The van der Waals surface area contributed by atoms with Gasteiger partial charge in [0.25, 0.3) is 0 Å². The van der Waals surface area contributed by atoms with Crippen molar-refractivity contribution in [3.8, 4) is 16.9 Å². The zero-order valence-corrected chi connectivity index (χ0v) is 14.9. The summed E-state index contributed by atoms with van der Waals surface area (Å²) in [6.45, 7) is 2.18. The molecule has 124 valence electrons. The van der Waals surface area contributed by atoms with Crippen LogP contribution in [0, 0.1) is 6.92 Å². The van der Waals surface area contributed by atoms with Gasteiger partial charge in [0.2, 0.25) is 0 Å². The van der Waals surface area contributed by atoms with E-state index in [2.05, 4.69) is 22.3 Å². The van der Waals surface area contributed by atoms with Crippen LogP contribution in [0.15, 0.2) is 58.9 Å². The Kier molecular flexibility index (Phi) is 5.85. The molecule has 6 heteroatoms.